The molecule has 0 aliphatic rings. The minimum absolute atomic E-state index is 0.0674. The number of thioether (sulfide) groups is 1. The molecular formula is C18H11F10N3O5S2. The molecule has 0 atom stereocenters. The average Bonchev–Trinajstić information content (AvgIpc) is 2.77. The third-order valence-electron chi connectivity index (χ3n) is 4.34. The minimum Gasteiger partial charge on any atom is -0.371 e. The van der Waals surface area contributed by atoms with Crippen LogP contribution < -0.4 is 10.6 Å². The topological polar surface area (TPSA) is 118 Å². The van der Waals surface area contributed by atoms with Crippen LogP contribution in [0.25, 0.3) is 0 Å². The highest BCUT2D eigenvalue weighted by Gasteiger charge is 2.73. The second-order valence-corrected chi connectivity index (χ2v) is 10.1. The molecule has 2 aromatic rings. The van der Waals surface area contributed by atoms with Crippen molar-refractivity contribution in [3.05, 3.63) is 52.6 Å². The van der Waals surface area contributed by atoms with Gasteiger partial charge in [0.2, 0.25) is 5.91 Å². The predicted molar refractivity (Wildman–Crippen MR) is 112 cm³/mol. The molecule has 2 aromatic carbocycles. The number of hydrogen-bond donors (Lipinski definition) is 2. The van der Waals surface area contributed by atoms with Crippen LogP contribution >= 0.6 is 11.8 Å². The van der Waals surface area contributed by atoms with Crippen molar-refractivity contribution in [2.24, 2.45) is 0 Å². The number of nitro groups is 1. The molecule has 0 unspecified atom stereocenters. The lowest BCUT2D eigenvalue weighted by Crippen LogP contribution is -2.49. The van der Waals surface area contributed by atoms with E-state index in [2.05, 4.69) is 5.32 Å². The van der Waals surface area contributed by atoms with Gasteiger partial charge in [-0.2, -0.15) is 43.9 Å². The summed E-state index contributed by atoms with van der Waals surface area (Å²) in [5.74, 6) is -7.67. The standard InChI is InChI=1S/C18H11F10N3O5S2/c19-15(20,16(21,22)23)17(24,25)37-13-4-2-1-3-11(13)30-14(32)8-29-10-6-5-9(7-12(10)31(33)34)38(35,36)18(26,27)28/h1-7,29H,8H2,(H,30,32). The van der Waals surface area contributed by atoms with Gasteiger partial charge in [-0.3, -0.25) is 14.9 Å². The maximum absolute atomic E-state index is 13.8. The molecule has 0 heterocycles. The Labute approximate surface area is 209 Å². The molecule has 0 radical (unpaired) electrons. The summed E-state index contributed by atoms with van der Waals surface area (Å²) in [7, 11) is -5.96. The van der Waals surface area contributed by atoms with Crippen LogP contribution in [0, 0.1) is 10.1 Å². The number of nitro benzene ring substituents is 1. The second kappa shape index (κ2) is 10.5. The summed E-state index contributed by atoms with van der Waals surface area (Å²) < 4.78 is 152. The number of alkyl halides is 10. The van der Waals surface area contributed by atoms with E-state index in [0.717, 1.165) is 18.2 Å². The van der Waals surface area contributed by atoms with Crippen molar-refractivity contribution in [1.82, 2.24) is 0 Å². The molecule has 0 aliphatic carbocycles. The molecule has 0 bridgehead atoms. The van der Waals surface area contributed by atoms with Crippen molar-refractivity contribution >= 4 is 44.6 Å². The number of para-hydroxylation sites is 1. The number of rotatable bonds is 9. The predicted octanol–water partition coefficient (Wildman–Crippen LogP) is 5.82. The van der Waals surface area contributed by atoms with E-state index in [1.807, 2.05) is 5.32 Å². The highest BCUT2D eigenvalue weighted by molar-refractivity contribution is 8.00. The van der Waals surface area contributed by atoms with E-state index >= 15 is 0 Å². The van der Waals surface area contributed by atoms with Crippen molar-refractivity contribution in [3.8, 4) is 0 Å². The Morgan fingerprint density at radius 3 is 2.03 bits per heavy atom. The lowest BCUT2D eigenvalue weighted by Gasteiger charge is -2.28. The number of halogens is 10. The van der Waals surface area contributed by atoms with Gasteiger partial charge in [-0.1, -0.05) is 12.1 Å². The molecule has 2 rings (SSSR count). The number of sulfone groups is 1. The summed E-state index contributed by atoms with van der Waals surface area (Å²) in [6.07, 6.45) is -6.60. The van der Waals surface area contributed by atoms with Gasteiger partial charge in [0.05, 0.1) is 22.1 Å². The first-order valence-corrected chi connectivity index (χ1v) is 11.7. The maximum Gasteiger partial charge on any atom is 0.501 e. The van der Waals surface area contributed by atoms with Crippen molar-refractivity contribution in [3.63, 3.8) is 0 Å². The van der Waals surface area contributed by atoms with Gasteiger partial charge >= 0.3 is 22.9 Å². The summed E-state index contributed by atoms with van der Waals surface area (Å²) >= 11 is -1.20. The number of benzene rings is 2. The van der Waals surface area contributed by atoms with Gasteiger partial charge in [-0.05, 0) is 36.0 Å². The minimum atomic E-state index is -6.60. The lowest BCUT2D eigenvalue weighted by atomic mass is 10.2. The van der Waals surface area contributed by atoms with Gasteiger partial charge in [0.25, 0.3) is 15.5 Å². The van der Waals surface area contributed by atoms with E-state index in [9.17, 15) is 67.2 Å². The molecule has 20 heteroatoms. The Balaban J connectivity index is 2.23. The average molecular weight is 603 g/mol. The molecule has 1 amide bonds. The van der Waals surface area contributed by atoms with Crippen molar-refractivity contribution in [1.29, 1.82) is 0 Å². The van der Waals surface area contributed by atoms with Crippen molar-refractivity contribution < 1.29 is 62.0 Å². The maximum atomic E-state index is 13.8. The Morgan fingerprint density at radius 1 is 0.921 bits per heavy atom. The molecule has 0 aliphatic heterocycles. The van der Waals surface area contributed by atoms with Crippen LogP contribution in [0.3, 0.4) is 0 Å². The van der Waals surface area contributed by atoms with E-state index in [4.69, 9.17) is 0 Å². The third kappa shape index (κ3) is 6.40. The zero-order valence-corrected chi connectivity index (χ0v) is 19.5. The second-order valence-electron chi connectivity index (χ2n) is 6.97. The van der Waals surface area contributed by atoms with Gasteiger partial charge in [0.1, 0.15) is 5.69 Å². The van der Waals surface area contributed by atoms with E-state index in [1.54, 1.807) is 0 Å². The zero-order valence-electron chi connectivity index (χ0n) is 17.8. The van der Waals surface area contributed by atoms with Gasteiger partial charge in [0.15, 0.2) is 0 Å². The number of amides is 1. The lowest BCUT2D eigenvalue weighted by molar-refractivity contribution is -0.384. The zero-order chi connectivity index (χ0) is 29.3. The molecule has 210 valence electrons. The van der Waals surface area contributed by atoms with Crippen molar-refractivity contribution in [2.75, 3.05) is 17.2 Å². The molecule has 0 spiro atoms. The first-order valence-electron chi connectivity index (χ1n) is 9.36. The Kier molecular flexibility index (Phi) is 8.52. The van der Waals surface area contributed by atoms with Crippen LogP contribution in [0.1, 0.15) is 0 Å². The SMILES string of the molecule is O=C(CNc1ccc(S(=O)(=O)C(F)(F)F)cc1[N+](=O)[O-])Nc1ccccc1SC(F)(F)C(F)(F)C(F)(F)F. The van der Waals surface area contributed by atoms with Crippen LogP contribution in [0.2, 0.25) is 0 Å². The number of anilines is 2. The molecule has 0 saturated carbocycles. The van der Waals surface area contributed by atoms with Crippen molar-refractivity contribution in [2.45, 2.75) is 32.7 Å². The highest BCUT2D eigenvalue weighted by atomic mass is 32.2. The Morgan fingerprint density at radius 2 is 1.50 bits per heavy atom. The van der Waals surface area contributed by atoms with Gasteiger partial charge in [0, 0.05) is 11.0 Å². The van der Waals surface area contributed by atoms with Crippen LogP contribution in [-0.2, 0) is 14.6 Å². The highest BCUT2D eigenvalue weighted by Crippen LogP contribution is 2.54. The van der Waals surface area contributed by atoms with E-state index in [0.29, 0.717) is 18.2 Å². The van der Waals surface area contributed by atoms with E-state index in [1.165, 1.54) is 0 Å². The largest absolute Gasteiger partial charge is 0.501 e. The summed E-state index contributed by atoms with van der Waals surface area (Å²) in [5, 5.41) is 9.48. The number of hydrogen-bond acceptors (Lipinski definition) is 7. The van der Waals surface area contributed by atoms with Crippen LogP contribution in [0.5, 0.6) is 0 Å². The fourth-order valence-electron chi connectivity index (χ4n) is 2.51. The smallest absolute Gasteiger partial charge is 0.371 e. The Hall–Kier alpha value is -3.29. The Bertz CT molecular complexity index is 1330. The normalized spacial score (nSPS) is 13.2. The van der Waals surface area contributed by atoms with Crippen LogP contribution in [0.15, 0.2) is 52.3 Å². The molecule has 2 N–H and O–H groups in total. The molecule has 38 heavy (non-hydrogen) atoms. The number of carbonyl (C=O) groups excluding carboxylic acids is 1. The van der Waals surface area contributed by atoms with Gasteiger partial charge in [-0.15, -0.1) is 0 Å². The quantitative estimate of drug-likeness (QED) is 0.161. The summed E-state index contributed by atoms with van der Waals surface area (Å²) in [4.78, 5) is 19.7. The van der Waals surface area contributed by atoms with Gasteiger partial charge < -0.3 is 10.6 Å². The van der Waals surface area contributed by atoms with E-state index in [-0.39, 0.29) is 6.07 Å². The molecule has 0 fully saturated rings. The fraction of sp³-hybridized carbons (Fsp3) is 0.278. The first kappa shape index (κ1) is 30.9. The fourth-order valence-corrected chi connectivity index (χ4v) is 4.19. The molecular weight excluding hydrogens is 592 g/mol. The summed E-state index contributed by atoms with van der Waals surface area (Å²) in [6, 6.07) is 4.59. The summed E-state index contributed by atoms with van der Waals surface area (Å²) in [5.41, 5.74) is -8.27. The molecule has 0 aromatic heterocycles. The van der Waals surface area contributed by atoms with E-state index < -0.39 is 88.7 Å². The third-order valence-corrected chi connectivity index (χ3v) is 6.91. The first-order chi connectivity index (χ1) is 17.1. The van der Waals surface area contributed by atoms with Gasteiger partial charge in [-0.25, -0.2) is 8.42 Å². The molecule has 0 saturated heterocycles. The van der Waals surface area contributed by atoms with Crippen LogP contribution in [0.4, 0.5) is 61.0 Å². The number of carbonyl (C=O) groups is 1. The monoisotopic (exact) mass is 603 g/mol. The summed E-state index contributed by atoms with van der Waals surface area (Å²) in [6.45, 7) is -0.972. The molecule has 8 nitrogen and oxygen atoms in total. The number of nitrogens with one attached hydrogen (secondary N) is 2. The number of nitrogens with zero attached hydrogens (tertiary/aromatic N) is 1. The van der Waals surface area contributed by atoms with Crippen LogP contribution in [-0.4, -0.2) is 48.7 Å².